The lowest BCUT2D eigenvalue weighted by atomic mass is 10.0. The summed E-state index contributed by atoms with van der Waals surface area (Å²) in [4.78, 5) is 15.8. The summed E-state index contributed by atoms with van der Waals surface area (Å²) in [5.74, 6) is 0.436. The summed E-state index contributed by atoms with van der Waals surface area (Å²) < 4.78 is 0. The maximum Gasteiger partial charge on any atom is 0.269 e. The van der Waals surface area contributed by atoms with Gasteiger partial charge in [0, 0.05) is 18.6 Å². The fraction of sp³-hybridized carbons (Fsp3) is 0.462. The zero-order valence-corrected chi connectivity index (χ0v) is 10.7. The first-order valence-electron chi connectivity index (χ1n) is 5.89. The topological polar surface area (TPSA) is 65.8 Å². The molecule has 1 fully saturated rings. The summed E-state index contributed by atoms with van der Waals surface area (Å²) in [6, 6.07) is 5.12. The molecule has 0 unspecified atom stereocenters. The Bertz CT molecular complexity index is 474. The predicted molar refractivity (Wildman–Crippen MR) is 68.3 cm³/mol. The van der Waals surface area contributed by atoms with E-state index in [1.165, 1.54) is 6.20 Å². The van der Waals surface area contributed by atoms with E-state index in [0.29, 0.717) is 23.7 Å². The Hall–Kier alpha value is -1.60. The number of rotatable bonds is 5. The Morgan fingerprint density at radius 1 is 1.56 bits per heavy atom. The second-order valence-corrected chi connectivity index (χ2v) is 5.04. The predicted octanol–water partition coefficient (Wildman–Crippen LogP) is 2.09. The van der Waals surface area contributed by atoms with E-state index in [4.69, 9.17) is 16.9 Å². The number of pyridine rings is 1. The summed E-state index contributed by atoms with van der Waals surface area (Å²) in [5.41, 5.74) is 1.01. The highest BCUT2D eigenvalue weighted by molar-refractivity contribution is 6.17. The number of nitriles is 1. The van der Waals surface area contributed by atoms with Crippen LogP contribution in [0.2, 0.25) is 0 Å². The zero-order chi connectivity index (χ0) is 13.0. The number of hydrogen-bond acceptors (Lipinski definition) is 3. The molecule has 2 rings (SSSR count). The molecule has 0 radical (unpaired) electrons. The molecule has 5 heteroatoms. The third-order valence-corrected chi connectivity index (χ3v) is 3.52. The molecule has 1 aromatic rings. The zero-order valence-electron chi connectivity index (χ0n) is 9.95. The van der Waals surface area contributed by atoms with E-state index in [1.54, 1.807) is 12.1 Å². The highest BCUT2D eigenvalue weighted by Crippen LogP contribution is 2.48. The quantitative estimate of drug-likeness (QED) is 0.828. The Labute approximate surface area is 111 Å². The molecule has 18 heavy (non-hydrogen) atoms. The molecule has 4 nitrogen and oxygen atoms in total. The van der Waals surface area contributed by atoms with Crippen LogP contribution in [0.25, 0.3) is 0 Å². The Morgan fingerprint density at radius 2 is 2.33 bits per heavy atom. The standard InChI is InChI=1S/C13H14ClN3O/c14-6-5-13(3-4-13)9-17-12(18)11-2-1-10(7-15)8-16-11/h1-2,8H,3-6,9H2,(H,17,18). The molecular formula is C13H14ClN3O. The second-order valence-electron chi connectivity index (χ2n) is 4.67. The summed E-state index contributed by atoms with van der Waals surface area (Å²) >= 11 is 5.74. The average molecular weight is 264 g/mol. The molecule has 1 N–H and O–H groups in total. The first-order chi connectivity index (χ1) is 8.69. The number of hydrogen-bond donors (Lipinski definition) is 1. The van der Waals surface area contributed by atoms with Crippen LogP contribution >= 0.6 is 11.6 Å². The summed E-state index contributed by atoms with van der Waals surface area (Å²) in [6.07, 6.45) is 4.60. The van der Waals surface area contributed by atoms with Crippen LogP contribution in [-0.4, -0.2) is 23.3 Å². The third kappa shape index (κ3) is 2.99. The maximum absolute atomic E-state index is 11.8. The SMILES string of the molecule is N#Cc1ccc(C(=O)NCC2(CCCl)CC2)nc1. The number of nitrogens with one attached hydrogen (secondary N) is 1. The van der Waals surface area contributed by atoms with Gasteiger partial charge in [0.25, 0.3) is 5.91 Å². The molecule has 1 aliphatic carbocycles. The lowest BCUT2D eigenvalue weighted by Crippen LogP contribution is -2.31. The van der Waals surface area contributed by atoms with Crippen molar-refractivity contribution in [1.82, 2.24) is 10.3 Å². The van der Waals surface area contributed by atoms with E-state index in [2.05, 4.69) is 10.3 Å². The molecule has 94 valence electrons. The van der Waals surface area contributed by atoms with E-state index in [-0.39, 0.29) is 11.3 Å². The Kier molecular flexibility index (Phi) is 3.83. The van der Waals surface area contributed by atoms with Crippen LogP contribution in [0.1, 0.15) is 35.3 Å². The highest BCUT2D eigenvalue weighted by atomic mass is 35.5. The van der Waals surface area contributed by atoms with Gasteiger partial charge >= 0.3 is 0 Å². The number of nitrogens with zero attached hydrogens (tertiary/aromatic N) is 2. The van der Waals surface area contributed by atoms with Crippen LogP contribution in [-0.2, 0) is 0 Å². The number of aromatic nitrogens is 1. The van der Waals surface area contributed by atoms with Crippen molar-refractivity contribution >= 4 is 17.5 Å². The number of amides is 1. The van der Waals surface area contributed by atoms with Crippen molar-refractivity contribution in [3.05, 3.63) is 29.6 Å². The minimum absolute atomic E-state index is 0.194. The van der Waals surface area contributed by atoms with E-state index in [1.807, 2.05) is 6.07 Å². The molecule has 0 spiro atoms. The summed E-state index contributed by atoms with van der Waals surface area (Å²) in [6.45, 7) is 0.653. The number of halogens is 1. The number of carbonyl (C=O) groups excluding carboxylic acids is 1. The monoisotopic (exact) mass is 263 g/mol. The van der Waals surface area contributed by atoms with Crippen LogP contribution in [0.5, 0.6) is 0 Å². The van der Waals surface area contributed by atoms with Crippen molar-refractivity contribution in [3.63, 3.8) is 0 Å². The first kappa shape index (κ1) is 12.8. The van der Waals surface area contributed by atoms with Crippen molar-refractivity contribution in [2.45, 2.75) is 19.3 Å². The molecule has 1 saturated carbocycles. The van der Waals surface area contributed by atoms with Crippen LogP contribution in [0, 0.1) is 16.7 Å². The lowest BCUT2D eigenvalue weighted by Gasteiger charge is -2.13. The van der Waals surface area contributed by atoms with Crippen molar-refractivity contribution < 1.29 is 4.79 Å². The molecule has 1 heterocycles. The largest absolute Gasteiger partial charge is 0.350 e. The highest BCUT2D eigenvalue weighted by Gasteiger charge is 2.41. The van der Waals surface area contributed by atoms with Crippen LogP contribution in [0.3, 0.4) is 0 Å². The van der Waals surface area contributed by atoms with Gasteiger partial charge in [-0.25, -0.2) is 4.98 Å². The van der Waals surface area contributed by atoms with Gasteiger partial charge in [-0.2, -0.15) is 5.26 Å². The molecule has 1 amide bonds. The molecule has 0 aromatic carbocycles. The van der Waals surface area contributed by atoms with Gasteiger partial charge in [0.1, 0.15) is 11.8 Å². The summed E-state index contributed by atoms with van der Waals surface area (Å²) in [5, 5.41) is 11.5. The minimum atomic E-state index is -0.194. The van der Waals surface area contributed by atoms with Gasteiger partial charge in [0.05, 0.1) is 5.56 Å². The average Bonchev–Trinajstić information content (AvgIpc) is 3.17. The molecule has 0 aliphatic heterocycles. The normalized spacial score (nSPS) is 15.8. The van der Waals surface area contributed by atoms with Crippen molar-refractivity contribution in [3.8, 4) is 6.07 Å². The first-order valence-corrected chi connectivity index (χ1v) is 6.43. The van der Waals surface area contributed by atoms with Crippen LogP contribution in [0.15, 0.2) is 18.3 Å². The molecule has 0 atom stereocenters. The van der Waals surface area contributed by atoms with E-state index in [0.717, 1.165) is 19.3 Å². The fourth-order valence-electron chi connectivity index (χ4n) is 1.85. The minimum Gasteiger partial charge on any atom is -0.350 e. The van der Waals surface area contributed by atoms with Crippen molar-refractivity contribution in [1.29, 1.82) is 5.26 Å². The fourth-order valence-corrected chi connectivity index (χ4v) is 2.25. The molecule has 1 aromatic heterocycles. The van der Waals surface area contributed by atoms with E-state index < -0.39 is 0 Å². The third-order valence-electron chi connectivity index (χ3n) is 3.33. The Morgan fingerprint density at radius 3 is 2.83 bits per heavy atom. The van der Waals surface area contributed by atoms with Crippen LogP contribution in [0.4, 0.5) is 0 Å². The molecule has 1 aliphatic rings. The molecular weight excluding hydrogens is 250 g/mol. The smallest absolute Gasteiger partial charge is 0.269 e. The second kappa shape index (κ2) is 5.36. The van der Waals surface area contributed by atoms with E-state index >= 15 is 0 Å². The van der Waals surface area contributed by atoms with Crippen molar-refractivity contribution in [2.75, 3.05) is 12.4 Å². The molecule has 0 bridgehead atoms. The van der Waals surface area contributed by atoms with Gasteiger partial charge in [-0.15, -0.1) is 11.6 Å². The number of carbonyl (C=O) groups is 1. The van der Waals surface area contributed by atoms with Gasteiger partial charge in [0.15, 0.2) is 0 Å². The van der Waals surface area contributed by atoms with Gasteiger partial charge in [-0.05, 0) is 36.8 Å². The van der Waals surface area contributed by atoms with E-state index in [9.17, 15) is 4.79 Å². The summed E-state index contributed by atoms with van der Waals surface area (Å²) in [7, 11) is 0. The number of alkyl halides is 1. The van der Waals surface area contributed by atoms with Gasteiger partial charge in [-0.3, -0.25) is 4.79 Å². The van der Waals surface area contributed by atoms with Gasteiger partial charge in [-0.1, -0.05) is 0 Å². The van der Waals surface area contributed by atoms with Crippen molar-refractivity contribution in [2.24, 2.45) is 5.41 Å². The van der Waals surface area contributed by atoms with Crippen LogP contribution < -0.4 is 5.32 Å². The van der Waals surface area contributed by atoms with Gasteiger partial charge in [0.2, 0.25) is 0 Å². The lowest BCUT2D eigenvalue weighted by molar-refractivity contribution is 0.0939. The Balaban J connectivity index is 1.90. The maximum atomic E-state index is 11.8. The van der Waals surface area contributed by atoms with Gasteiger partial charge < -0.3 is 5.32 Å². The molecule has 0 saturated heterocycles.